The number of rotatable bonds is 11. The summed E-state index contributed by atoms with van der Waals surface area (Å²) in [7, 11) is 0. The summed E-state index contributed by atoms with van der Waals surface area (Å²) >= 11 is 1.15. The highest BCUT2D eigenvalue weighted by atomic mass is 32.1. The Labute approximate surface area is 196 Å². The molecule has 0 unspecified atom stereocenters. The van der Waals surface area contributed by atoms with E-state index in [9.17, 15) is 14.7 Å². The second kappa shape index (κ2) is 11.1. The summed E-state index contributed by atoms with van der Waals surface area (Å²) in [6, 6.07) is 3.64. The van der Waals surface area contributed by atoms with Crippen LogP contribution in [-0.2, 0) is 22.6 Å². The second-order valence-corrected chi connectivity index (χ2v) is 9.49. The molecule has 180 valence electrons. The number of thiophene rings is 1. The van der Waals surface area contributed by atoms with Crippen molar-refractivity contribution in [1.29, 1.82) is 0 Å². The molecular formula is C23H31N3O6S. The number of H-pyrrole nitrogens is 1. The quantitative estimate of drug-likeness (QED) is 0.404. The number of furan rings is 1. The van der Waals surface area contributed by atoms with Crippen LogP contribution >= 0.6 is 11.3 Å². The van der Waals surface area contributed by atoms with Crippen LogP contribution in [0, 0.1) is 6.92 Å². The summed E-state index contributed by atoms with van der Waals surface area (Å²) in [5.74, 6) is 0.696. The molecule has 3 aromatic rings. The summed E-state index contributed by atoms with van der Waals surface area (Å²) in [5, 5.41) is 10.8. The number of aromatic amines is 1. The molecule has 9 nitrogen and oxygen atoms in total. The predicted octanol–water partition coefficient (Wildman–Crippen LogP) is 3.24. The van der Waals surface area contributed by atoms with Crippen LogP contribution in [0.5, 0.6) is 0 Å². The van der Waals surface area contributed by atoms with Crippen molar-refractivity contribution in [3.63, 3.8) is 0 Å². The van der Waals surface area contributed by atoms with E-state index in [2.05, 4.69) is 9.97 Å². The van der Waals surface area contributed by atoms with Crippen LogP contribution in [0.1, 0.15) is 54.5 Å². The molecule has 2 N–H and O–H groups in total. The fourth-order valence-electron chi connectivity index (χ4n) is 3.40. The minimum absolute atomic E-state index is 0.0113. The van der Waals surface area contributed by atoms with Crippen molar-refractivity contribution in [2.75, 3.05) is 13.2 Å². The molecule has 33 heavy (non-hydrogen) atoms. The van der Waals surface area contributed by atoms with E-state index in [1.807, 2.05) is 24.8 Å². The Morgan fingerprint density at radius 1 is 1.27 bits per heavy atom. The zero-order valence-corrected chi connectivity index (χ0v) is 20.4. The molecule has 0 fully saturated rings. The molecule has 0 radical (unpaired) electrons. The zero-order chi connectivity index (χ0) is 24.1. The highest BCUT2D eigenvalue weighted by Gasteiger charge is 2.22. The zero-order valence-electron chi connectivity index (χ0n) is 19.6. The van der Waals surface area contributed by atoms with Gasteiger partial charge in [0.2, 0.25) is 0 Å². The molecule has 10 heteroatoms. The number of esters is 1. The van der Waals surface area contributed by atoms with Crippen LogP contribution in [0.15, 0.2) is 27.6 Å². The van der Waals surface area contributed by atoms with Gasteiger partial charge in [-0.3, -0.25) is 9.69 Å². The third-order valence-corrected chi connectivity index (χ3v) is 5.97. The molecule has 1 atom stereocenters. The fourth-order valence-corrected chi connectivity index (χ4v) is 4.48. The van der Waals surface area contributed by atoms with Gasteiger partial charge >= 0.3 is 5.97 Å². The van der Waals surface area contributed by atoms with E-state index in [4.69, 9.17) is 13.9 Å². The topological polar surface area (TPSA) is 118 Å². The number of carbonyl (C=O) groups is 1. The molecule has 3 rings (SSSR count). The Kier molecular flexibility index (Phi) is 8.41. The summed E-state index contributed by atoms with van der Waals surface area (Å²) < 4.78 is 16.3. The van der Waals surface area contributed by atoms with Gasteiger partial charge in [-0.1, -0.05) is 0 Å². The summed E-state index contributed by atoms with van der Waals surface area (Å²) in [6.45, 7) is 10.3. The van der Waals surface area contributed by atoms with Crippen LogP contribution < -0.4 is 5.56 Å². The van der Waals surface area contributed by atoms with E-state index >= 15 is 0 Å². The van der Waals surface area contributed by atoms with E-state index in [1.54, 1.807) is 33.1 Å². The largest absolute Gasteiger partial charge is 0.468 e. The lowest BCUT2D eigenvalue weighted by Gasteiger charge is -2.24. The first-order chi connectivity index (χ1) is 15.6. The SMILES string of the molecule is Cc1c(C(=O)OC(C)C)sc2nc(CN(Cc3ccco3)C[C@H](O)COC(C)C)[nH]c(=O)c12. The number of fused-ring (bicyclic) bond motifs is 1. The van der Waals surface area contributed by atoms with Gasteiger partial charge in [-0.2, -0.15) is 0 Å². The molecule has 0 aliphatic carbocycles. The second-order valence-electron chi connectivity index (χ2n) is 8.49. The number of aliphatic hydroxyl groups excluding tert-OH is 1. The van der Waals surface area contributed by atoms with Crippen LogP contribution in [0.3, 0.4) is 0 Å². The molecule has 0 aromatic carbocycles. The monoisotopic (exact) mass is 477 g/mol. The van der Waals surface area contributed by atoms with E-state index in [0.717, 1.165) is 17.1 Å². The van der Waals surface area contributed by atoms with Crippen molar-refractivity contribution in [2.45, 2.75) is 66.0 Å². The molecule has 0 bridgehead atoms. The van der Waals surface area contributed by atoms with E-state index in [-0.39, 0.29) is 30.9 Å². The minimum atomic E-state index is -0.723. The number of nitrogens with zero attached hydrogens (tertiary/aromatic N) is 2. The van der Waals surface area contributed by atoms with Crippen LogP contribution in [0.2, 0.25) is 0 Å². The first-order valence-electron chi connectivity index (χ1n) is 10.9. The van der Waals surface area contributed by atoms with Gasteiger partial charge in [-0.15, -0.1) is 11.3 Å². The van der Waals surface area contributed by atoms with Gasteiger partial charge < -0.3 is 24.0 Å². The Morgan fingerprint density at radius 2 is 2.03 bits per heavy atom. The summed E-state index contributed by atoms with van der Waals surface area (Å²) in [6.07, 6.45) is 0.617. The molecule has 3 aromatic heterocycles. The lowest BCUT2D eigenvalue weighted by Crippen LogP contribution is -2.35. The maximum atomic E-state index is 12.8. The first kappa shape index (κ1) is 25.1. The van der Waals surface area contributed by atoms with Crippen molar-refractivity contribution >= 4 is 27.5 Å². The molecule has 0 amide bonds. The maximum absolute atomic E-state index is 12.8. The van der Waals surface area contributed by atoms with E-state index in [0.29, 0.717) is 39.6 Å². The Morgan fingerprint density at radius 3 is 2.67 bits per heavy atom. The lowest BCUT2D eigenvalue weighted by atomic mass is 10.2. The van der Waals surface area contributed by atoms with Crippen LogP contribution in [0.4, 0.5) is 0 Å². The summed E-state index contributed by atoms with van der Waals surface area (Å²) in [5.41, 5.74) is 0.253. The molecule has 0 saturated heterocycles. The fraction of sp³-hybridized carbons (Fsp3) is 0.522. The molecule has 3 heterocycles. The minimum Gasteiger partial charge on any atom is -0.468 e. The van der Waals surface area contributed by atoms with Gasteiger partial charge in [-0.25, -0.2) is 9.78 Å². The number of aryl methyl sites for hydroxylation is 1. The number of hydrogen-bond donors (Lipinski definition) is 2. The van der Waals surface area contributed by atoms with Crippen LogP contribution in [-0.4, -0.2) is 57.4 Å². The van der Waals surface area contributed by atoms with Gasteiger partial charge in [0.25, 0.3) is 5.56 Å². The van der Waals surface area contributed by atoms with Crippen molar-refractivity contribution in [3.8, 4) is 0 Å². The number of hydrogen-bond acceptors (Lipinski definition) is 9. The van der Waals surface area contributed by atoms with Gasteiger partial charge in [0.15, 0.2) is 0 Å². The Bertz CT molecular complexity index is 1120. The predicted molar refractivity (Wildman–Crippen MR) is 125 cm³/mol. The van der Waals surface area contributed by atoms with E-state index in [1.165, 1.54) is 0 Å². The molecular weight excluding hydrogens is 446 g/mol. The first-order valence-corrected chi connectivity index (χ1v) is 11.7. The molecule has 0 saturated carbocycles. The van der Waals surface area contributed by atoms with Crippen LogP contribution in [0.25, 0.3) is 10.2 Å². The Balaban J connectivity index is 1.85. The molecule has 0 spiro atoms. The average Bonchev–Trinajstić information content (AvgIpc) is 3.33. The highest BCUT2D eigenvalue weighted by molar-refractivity contribution is 7.20. The molecule has 0 aliphatic heterocycles. The number of ether oxygens (including phenoxy) is 2. The molecule has 0 aliphatic rings. The number of aliphatic hydroxyl groups is 1. The Hall–Kier alpha value is -2.53. The van der Waals surface area contributed by atoms with Crippen molar-refractivity contribution in [1.82, 2.24) is 14.9 Å². The third kappa shape index (κ3) is 6.73. The van der Waals surface area contributed by atoms with E-state index < -0.39 is 12.1 Å². The van der Waals surface area contributed by atoms with Gasteiger partial charge in [0.1, 0.15) is 21.3 Å². The number of aromatic nitrogens is 2. The van der Waals surface area contributed by atoms with Gasteiger partial charge in [-0.05, 0) is 52.3 Å². The average molecular weight is 478 g/mol. The number of nitrogens with one attached hydrogen (secondary N) is 1. The van der Waals surface area contributed by atoms with Crippen molar-refractivity contribution < 1.29 is 23.8 Å². The third-order valence-electron chi connectivity index (χ3n) is 4.80. The van der Waals surface area contributed by atoms with Crippen molar-refractivity contribution in [2.24, 2.45) is 0 Å². The maximum Gasteiger partial charge on any atom is 0.348 e. The number of carbonyl (C=O) groups excluding carboxylic acids is 1. The van der Waals surface area contributed by atoms with Crippen molar-refractivity contribution in [3.05, 3.63) is 50.8 Å². The van der Waals surface area contributed by atoms with Gasteiger partial charge in [0.05, 0.1) is 49.7 Å². The lowest BCUT2D eigenvalue weighted by molar-refractivity contribution is -0.0117. The standard InChI is InChI=1S/C23H31N3O6S/c1-13(2)31-12-16(27)9-26(10-17-7-6-8-30-17)11-18-24-21(28)19-15(5)20(33-22(19)25-18)23(29)32-14(3)4/h6-8,13-14,16,27H,9-12H2,1-5H3,(H,24,25,28)/t16-/m0/s1. The normalized spacial score (nSPS) is 12.9. The highest BCUT2D eigenvalue weighted by Crippen LogP contribution is 2.28. The summed E-state index contributed by atoms with van der Waals surface area (Å²) in [4.78, 5) is 35.4. The van der Waals surface area contributed by atoms with Gasteiger partial charge in [0, 0.05) is 6.54 Å². The smallest absolute Gasteiger partial charge is 0.348 e.